The summed E-state index contributed by atoms with van der Waals surface area (Å²) in [6, 6.07) is 0. The second kappa shape index (κ2) is 8.40. The van der Waals surface area contributed by atoms with Crippen molar-refractivity contribution < 1.29 is 14.3 Å². The molecular weight excluding hydrogens is 368 g/mol. The quantitative estimate of drug-likeness (QED) is 0.751. The Morgan fingerprint density at radius 3 is 2.93 bits per heavy atom. The van der Waals surface area contributed by atoms with Crippen LogP contribution < -0.4 is 11.1 Å². The van der Waals surface area contributed by atoms with Gasteiger partial charge in [-0.1, -0.05) is 11.3 Å². The number of nitrogens with zero attached hydrogens (tertiary/aromatic N) is 4. The maximum atomic E-state index is 12.9. The van der Waals surface area contributed by atoms with Gasteiger partial charge >= 0.3 is 0 Å². The van der Waals surface area contributed by atoms with E-state index in [0.29, 0.717) is 53.2 Å². The van der Waals surface area contributed by atoms with Crippen LogP contribution in [0.1, 0.15) is 39.3 Å². The highest BCUT2D eigenvalue weighted by Crippen LogP contribution is 2.27. The summed E-state index contributed by atoms with van der Waals surface area (Å²) in [7, 11) is 1.78. The third-order valence-electron chi connectivity index (χ3n) is 4.22. The number of carbonyl (C=O) groups excluding carboxylic acids is 2. The largest absolute Gasteiger partial charge is 0.370 e. The zero-order chi connectivity index (χ0) is 19.4. The number of anilines is 1. The fraction of sp³-hybridized carbons (Fsp3) is 0.471. The Hall–Kier alpha value is -2.59. The van der Waals surface area contributed by atoms with Crippen LogP contribution in [0.5, 0.6) is 0 Å². The monoisotopic (exact) mass is 390 g/mol. The molecule has 1 fully saturated rings. The van der Waals surface area contributed by atoms with Crippen LogP contribution in [0.4, 0.5) is 5.13 Å². The van der Waals surface area contributed by atoms with E-state index in [4.69, 9.17) is 10.5 Å². The summed E-state index contributed by atoms with van der Waals surface area (Å²) in [5.41, 5.74) is 7.22. The van der Waals surface area contributed by atoms with Gasteiger partial charge in [-0.3, -0.25) is 19.6 Å². The number of aromatic nitrogens is 3. The molecule has 3 N–H and O–H groups in total. The van der Waals surface area contributed by atoms with Gasteiger partial charge in [0.05, 0.1) is 36.4 Å². The van der Waals surface area contributed by atoms with Crippen molar-refractivity contribution in [2.75, 3.05) is 32.1 Å². The van der Waals surface area contributed by atoms with E-state index in [1.54, 1.807) is 24.3 Å². The maximum Gasteiger partial charge on any atom is 0.266 e. The molecule has 2 amide bonds. The SMILES string of the molecule is CNc1nc(C)c(C(=O)N2CCOC(c3cncc(CCC(N)=O)n3)C2)s1. The zero-order valence-corrected chi connectivity index (χ0v) is 16.1. The van der Waals surface area contributed by atoms with Gasteiger partial charge in [0.2, 0.25) is 5.91 Å². The summed E-state index contributed by atoms with van der Waals surface area (Å²) in [4.78, 5) is 39.3. The van der Waals surface area contributed by atoms with Crippen molar-refractivity contribution in [3.63, 3.8) is 0 Å². The molecule has 0 spiro atoms. The van der Waals surface area contributed by atoms with Gasteiger partial charge in [-0.2, -0.15) is 0 Å². The highest BCUT2D eigenvalue weighted by Gasteiger charge is 2.29. The normalized spacial score (nSPS) is 17.0. The molecular formula is C17H22N6O3S. The van der Waals surface area contributed by atoms with Crippen LogP contribution in [0.25, 0.3) is 0 Å². The number of primary amides is 1. The number of hydrogen-bond acceptors (Lipinski definition) is 8. The molecule has 1 atom stereocenters. The van der Waals surface area contributed by atoms with E-state index in [1.165, 1.54) is 11.3 Å². The Morgan fingerprint density at radius 2 is 2.22 bits per heavy atom. The van der Waals surface area contributed by atoms with Gasteiger partial charge in [0.15, 0.2) is 5.13 Å². The Balaban J connectivity index is 1.72. The molecule has 1 aliphatic heterocycles. The molecule has 144 valence electrons. The third kappa shape index (κ3) is 4.58. The second-order valence-corrected chi connectivity index (χ2v) is 7.19. The molecule has 0 aliphatic carbocycles. The van der Waals surface area contributed by atoms with Gasteiger partial charge in [0.1, 0.15) is 11.0 Å². The molecule has 3 rings (SSSR count). The molecule has 1 saturated heterocycles. The predicted octanol–water partition coefficient (Wildman–Crippen LogP) is 0.915. The van der Waals surface area contributed by atoms with Crippen molar-refractivity contribution in [1.29, 1.82) is 0 Å². The summed E-state index contributed by atoms with van der Waals surface area (Å²) >= 11 is 1.34. The number of nitrogens with one attached hydrogen (secondary N) is 1. The van der Waals surface area contributed by atoms with Crippen LogP contribution in [-0.2, 0) is 16.0 Å². The number of morpholine rings is 1. The number of hydrogen-bond donors (Lipinski definition) is 2. The van der Waals surface area contributed by atoms with Crippen molar-refractivity contribution >= 4 is 28.3 Å². The fourth-order valence-electron chi connectivity index (χ4n) is 2.81. The van der Waals surface area contributed by atoms with Crippen LogP contribution in [0, 0.1) is 6.92 Å². The Kier molecular flexibility index (Phi) is 5.97. The first kappa shape index (κ1) is 19.2. The smallest absolute Gasteiger partial charge is 0.266 e. The van der Waals surface area contributed by atoms with E-state index < -0.39 is 0 Å². The first-order chi connectivity index (χ1) is 13.0. The van der Waals surface area contributed by atoms with Gasteiger partial charge < -0.3 is 20.7 Å². The summed E-state index contributed by atoms with van der Waals surface area (Å²) in [6.07, 6.45) is 3.52. The van der Waals surface area contributed by atoms with Crippen LogP contribution >= 0.6 is 11.3 Å². The summed E-state index contributed by atoms with van der Waals surface area (Å²) in [6.45, 7) is 3.14. The predicted molar refractivity (Wildman–Crippen MR) is 101 cm³/mol. The van der Waals surface area contributed by atoms with Crippen molar-refractivity contribution in [3.8, 4) is 0 Å². The maximum absolute atomic E-state index is 12.9. The van der Waals surface area contributed by atoms with Crippen molar-refractivity contribution in [3.05, 3.63) is 34.4 Å². The number of aryl methyl sites for hydroxylation is 2. The molecule has 2 aromatic rings. The fourth-order valence-corrected chi connectivity index (χ4v) is 3.70. The molecule has 1 aliphatic rings. The molecule has 3 heterocycles. The summed E-state index contributed by atoms with van der Waals surface area (Å²) in [5, 5.41) is 3.68. The minimum absolute atomic E-state index is 0.0577. The van der Waals surface area contributed by atoms with E-state index in [-0.39, 0.29) is 24.3 Å². The van der Waals surface area contributed by atoms with Crippen molar-refractivity contribution in [2.24, 2.45) is 5.73 Å². The van der Waals surface area contributed by atoms with Gasteiger partial charge in [-0.05, 0) is 13.3 Å². The summed E-state index contributed by atoms with van der Waals surface area (Å²) < 4.78 is 5.80. The van der Waals surface area contributed by atoms with E-state index in [9.17, 15) is 9.59 Å². The number of rotatable bonds is 6. The zero-order valence-electron chi connectivity index (χ0n) is 15.3. The molecule has 0 saturated carbocycles. The lowest BCUT2D eigenvalue weighted by atomic mass is 10.2. The molecule has 10 heteroatoms. The molecule has 0 bridgehead atoms. The molecule has 0 radical (unpaired) electrons. The van der Waals surface area contributed by atoms with Crippen LogP contribution in [-0.4, -0.2) is 58.4 Å². The first-order valence-corrected chi connectivity index (χ1v) is 9.44. The van der Waals surface area contributed by atoms with E-state index in [1.807, 2.05) is 6.92 Å². The van der Waals surface area contributed by atoms with Gasteiger partial charge in [0, 0.05) is 26.2 Å². The molecule has 9 nitrogen and oxygen atoms in total. The second-order valence-electron chi connectivity index (χ2n) is 6.20. The van der Waals surface area contributed by atoms with Crippen molar-refractivity contribution in [1.82, 2.24) is 19.9 Å². The molecule has 0 aromatic carbocycles. The van der Waals surface area contributed by atoms with Crippen LogP contribution in [0.3, 0.4) is 0 Å². The van der Waals surface area contributed by atoms with Gasteiger partial charge in [-0.25, -0.2) is 4.98 Å². The Bertz CT molecular complexity index is 840. The van der Waals surface area contributed by atoms with Crippen LogP contribution in [0.2, 0.25) is 0 Å². The van der Waals surface area contributed by atoms with Crippen LogP contribution in [0.15, 0.2) is 12.4 Å². The van der Waals surface area contributed by atoms with Crippen molar-refractivity contribution in [2.45, 2.75) is 25.9 Å². The minimum atomic E-state index is -0.381. The molecule has 2 aromatic heterocycles. The average Bonchev–Trinajstić information content (AvgIpc) is 3.07. The standard InChI is InChI=1S/C17H22N6O3S/c1-10-15(27-17(19-2)21-10)16(25)23-5-6-26-13(9-23)12-8-20-7-11(22-12)3-4-14(18)24/h7-8,13H,3-6,9H2,1-2H3,(H2,18,24)(H,19,21). The highest BCUT2D eigenvalue weighted by atomic mass is 32.1. The number of carbonyl (C=O) groups is 2. The summed E-state index contributed by atoms with van der Waals surface area (Å²) in [5.74, 6) is -0.439. The lowest BCUT2D eigenvalue weighted by molar-refractivity contribution is -0.118. The van der Waals surface area contributed by atoms with Gasteiger partial charge in [-0.15, -0.1) is 0 Å². The first-order valence-electron chi connectivity index (χ1n) is 8.63. The average molecular weight is 390 g/mol. The number of thiazole rings is 1. The van der Waals surface area contributed by atoms with Gasteiger partial charge in [0.25, 0.3) is 5.91 Å². The minimum Gasteiger partial charge on any atom is -0.370 e. The third-order valence-corrected chi connectivity index (χ3v) is 5.38. The molecule has 1 unspecified atom stereocenters. The lowest BCUT2D eigenvalue weighted by Crippen LogP contribution is -2.42. The Morgan fingerprint density at radius 1 is 1.41 bits per heavy atom. The van der Waals surface area contributed by atoms with E-state index in [0.717, 1.165) is 0 Å². The lowest BCUT2D eigenvalue weighted by Gasteiger charge is -2.32. The number of amides is 2. The highest BCUT2D eigenvalue weighted by molar-refractivity contribution is 7.17. The van der Waals surface area contributed by atoms with E-state index >= 15 is 0 Å². The molecule has 27 heavy (non-hydrogen) atoms. The number of ether oxygens (including phenoxy) is 1. The van der Waals surface area contributed by atoms with E-state index in [2.05, 4.69) is 20.3 Å². The number of nitrogens with two attached hydrogens (primary N) is 1. The Labute approximate surface area is 161 Å². The topological polar surface area (TPSA) is 123 Å².